The first-order valence-electron chi connectivity index (χ1n) is 10.4. The van der Waals surface area contributed by atoms with Crippen molar-refractivity contribution in [2.75, 3.05) is 54.9 Å². The van der Waals surface area contributed by atoms with E-state index in [0.29, 0.717) is 33.9 Å². The Balaban J connectivity index is 1.42. The average molecular weight is 455 g/mol. The summed E-state index contributed by atoms with van der Waals surface area (Å²) in [6.07, 6.45) is 3.23. The number of pyridine rings is 1. The monoisotopic (exact) mass is 454 g/mol. The molecule has 0 atom stereocenters. The van der Waals surface area contributed by atoms with Crippen LogP contribution in [-0.4, -0.2) is 75.2 Å². The van der Waals surface area contributed by atoms with Crippen LogP contribution in [0.4, 0.5) is 22.5 Å². The fraction of sp³-hybridized carbons (Fsp3) is 0.381. The summed E-state index contributed by atoms with van der Waals surface area (Å²) in [5.41, 5.74) is 1.43. The quantitative estimate of drug-likeness (QED) is 0.493. The molecule has 0 radical (unpaired) electrons. The molecule has 0 spiro atoms. The minimum absolute atomic E-state index is 0.177. The Hall–Kier alpha value is -3.15. The third kappa shape index (κ3) is 5.36. The summed E-state index contributed by atoms with van der Waals surface area (Å²) in [5.74, 6) is 1.91. The number of nitrogens with one attached hydrogen (secondary N) is 2. The largest absolute Gasteiger partial charge is 0.395 e. The van der Waals surface area contributed by atoms with Crippen molar-refractivity contribution < 1.29 is 9.90 Å². The second-order valence-corrected chi connectivity index (χ2v) is 8.49. The van der Waals surface area contributed by atoms with Crippen LogP contribution in [0.25, 0.3) is 0 Å². The normalized spacial score (nSPS) is 14.4. The molecule has 0 bridgehead atoms. The van der Waals surface area contributed by atoms with Crippen LogP contribution < -0.4 is 15.5 Å². The molecule has 0 saturated carbocycles. The lowest BCUT2D eigenvalue weighted by Crippen LogP contribution is -2.47. The van der Waals surface area contributed by atoms with Gasteiger partial charge in [0, 0.05) is 45.0 Å². The zero-order chi connectivity index (χ0) is 22.5. The molecular formula is C21H26N8O2S. The molecule has 1 fully saturated rings. The number of anilines is 4. The van der Waals surface area contributed by atoms with Crippen molar-refractivity contribution in [2.24, 2.45) is 0 Å². The van der Waals surface area contributed by atoms with E-state index < -0.39 is 0 Å². The summed E-state index contributed by atoms with van der Waals surface area (Å²) in [6, 6.07) is 5.49. The highest BCUT2D eigenvalue weighted by Gasteiger charge is 2.19. The molecule has 10 nitrogen and oxygen atoms in total. The summed E-state index contributed by atoms with van der Waals surface area (Å²) >= 11 is 1.25. The van der Waals surface area contributed by atoms with Gasteiger partial charge in [-0.15, -0.1) is 0 Å². The van der Waals surface area contributed by atoms with Crippen molar-refractivity contribution >= 4 is 39.7 Å². The summed E-state index contributed by atoms with van der Waals surface area (Å²) in [6.45, 7) is 8.02. The van der Waals surface area contributed by atoms with Gasteiger partial charge >= 0.3 is 0 Å². The number of rotatable bonds is 7. The number of piperazine rings is 1. The molecule has 0 unspecified atom stereocenters. The smallest absolute Gasteiger partial charge is 0.267 e. The van der Waals surface area contributed by atoms with Crippen LogP contribution in [0.15, 0.2) is 30.6 Å². The van der Waals surface area contributed by atoms with Crippen LogP contribution in [0, 0.1) is 13.8 Å². The summed E-state index contributed by atoms with van der Waals surface area (Å²) < 4.78 is 0. The van der Waals surface area contributed by atoms with Gasteiger partial charge in [-0.05, 0) is 26.0 Å². The van der Waals surface area contributed by atoms with E-state index in [1.807, 2.05) is 26.0 Å². The van der Waals surface area contributed by atoms with E-state index >= 15 is 0 Å². The number of nitrogens with zero attached hydrogens (tertiary/aromatic N) is 6. The van der Waals surface area contributed by atoms with Crippen molar-refractivity contribution in [1.82, 2.24) is 24.8 Å². The maximum absolute atomic E-state index is 12.6. The maximum Gasteiger partial charge on any atom is 0.267 e. The van der Waals surface area contributed by atoms with Crippen molar-refractivity contribution in [1.29, 1.82) is 0 Å². The Morgan fingerprint density at radius 3 is 2.75 bits per heavy atom. The minimum atomic E-state index is -0.230. The zero-order valence-electron chi connectivity index (χ0n) is 18.1. The summed E-state index contributed by atoms with van der Waals surface area (Å²) in [5, 5.41) is 15.8. The highest BCUT2D eigenvalue weighted by Crippen LogP contribution is 2.25. The van der Waals surface area contributed by atoms with Gasteiger partial charge in [0.05, 0.1) is 24.2 Å². The number of aryl methyl sites for hydroxylation is 2. The van der Waals surface area contributed by atoms with Gasteiger partial charge in [0.1, 0.15) is 22.3 Å². The Bertz CT molecular complexity index is 1080. The number of aliphatic hydroxyl groups excluding tert-OH is 1. The first-order chi connectivity index (χ1) is 15.5. The fourth-order valence-electron chi connectivity index (χ4n) is 3.47. The molecule has 3 N–H and O–H groups in total. The molecule has 168 valence electrons. The molecule has 3 aromatic heterocycles. The predicted molar refractivity (Wildman–Crippen MR) is 125 cm³/mol. The van der Waals surface area contributed by atoms with Gasteiger partial charge in [-0.1, -0.05) is 11.3 Å². The molecule has 1 amide bonds. The lowest BCUT2D eigenvalue weighted by Gasteiger charge is -2.35. The maximum atomic E-state index is 12.6. The van der Waals surface area contributed by atoms with Gasteiger partial charge in [-0.25, -0.2) is 15.0 Å². The highest BCUT2D eigenvalue weighted by molar-refractivity contribution is 7.17. The third-order valence-corrected chi connectivity index (χ3v) is 6.07. The molecule has 0 aliphatic carbocycles. The first kappa shape index (κ1) is 22.1. The molecule has 3 aromatic rings. The van der Waals surface area contributed by atoms with E-state index in [9.17, 15) is 4.79 Å². The SMILES string of the molecule is Cc1nc(Nc2ncc(C(=O)Nc3cccnc3C)s2)cc(N2CCN(CCO)CC2)n1. The van der Waals surface area contributed by atoms with Gasteiger partial charge in [0.25, 0.3) is 5.91 Å². The van der Waals surface area contributed by atoms with Crippen LogP contribution in [0.1, 0.15) is 21.2 Å². The third-order valence-electron chi connectivity index (χ3n) is 5.16. The standard InChI is InChI=1S/C21H26N8O2S/c1-14-16(4-3-5-22-14)26-20(31)17-13-23-21(32-17)27-18-12-19(25-15(2)24-18)29-8-6-28(7-9-29)10-11-30/h3-5,12-13,30H,6-11H2,1-2H3,(H,26,31)(H,23,24,25,27). The molecule has 11 heteroatoms. The molecule has 0 aromatic carbocycles. The second-order valence-electron chi connectivity index (χ2n) is 7.46. The van der Waals surface area contributed by atoms with Crippen molar-refractivity contribution in [3.8, 4) is 0 Å². The number of hydrogen-bond acceptors (Lipinski definition) is 10. The summed E-state index contributed by atoms with van der Waals surface area (Å²) in [4.78, 5) is 35.1. The molecule has 4 heterocycles. The van der Waals surface area contributed by atoms with Crippen LogP contribution in [0.5, 0.6) is 0 Å². The van der Waals surface area contributed by atoms with Gasteiger partial charge in [-0.3, -0.25) is 14.7 Å². The lowest BCUT2D eigenvalue weighted by molar-refractivity contribution is 0.103. The van der Waals surface area contributed by atoms with E-state index in [1.165, 1.54) is 11.3 Å². The molecule has 4 rings (SSSR count). The van der Waals surface area contributed by atoms with Crippen LogP contribution >= 0.6 is 11.3 Å². The second kappa shape index (κ2) is 9.98. The molecule has 1 aliphatic rings. The van der Waals surface area contributed by atoms with E-state index in [-0.39, 0.29) is 12.5 Å². The Labute approximate surface area is 190 Å². The number of amides is 1. The number of aliphatic hydroxyl groups is 1. The number of β-amino-alcohol motifs (C(OH)–C–C–N with tert-alkyl or cyclic N) is 1. The van der Waals surface area contributed by atoms with Crippen molar-refractivity contribution in [3.05, 3.63) is 47.0 Å². The lowest BCUT2D eigenvalue weighted by atomic mass is 10.3. The number of hydrogen-bond donors (Lipinski definition) is 3. The van der Waals surface area contributed by atoms with E-state index in [1.54, 1.807) is 18.5 Å². The van der Waals surface area contributed by atoms with Gasteiger partial charge < -0.3 is 20.6 Å². The van der Waals surface area contributed by atoms with Crippen LogP contribution in [0.2, 0.25) is 0 Å². The first-order valence-corrected chi connectivity index (χ1v) is 11.2. The number of thiazole rings is 1. The number of aromatic nitrogens is 4. The van der Waals surface area contributed by atoms with Gasteiger partial charge in [-0.2, -0.15) is 0 Å². The molecule has 1 aliphatic heterocycles. The van der Waals surface area contributed by atoms with Gasteiger partial charge in [0.2, 0.25) is 0 Å². The topological polar surface area (TPSA) is 119 Å². The van der Waals surface area contributed by atoms with E-state index in [0.717, 1.165) is 37.7 Å². The molecular weight excluding hydrogens is 428 g/mol. The summed E-state index contributed by atoms with van der Waals surface area (Å²) in [7, 11) is 0. The van der Waals surface area contributed by atoms with Crippen LogP contribution in [-0.2, 0) is 0 Å². The van der Waals surface area contributed by atoms with Crippen molar-refractivity contribution in [2.45, 2.75) is 13.8 Å². The Kier molecular flexibility index (Phi) is 6.88. The van der Waals surface area contributed by atoms with Crippen LogP contribution in [0.3, 0.4) is 0 Å². The number of carbonyl (C=O) groups excluding carboxylic acids is 1. The fourth-order valence-corrected chi connectivity index (χ4v) is 4.19. The average Bonchev–Trinajstić information content (AvgIpc) is 3.24. The van der Waals surface area contributed by atoms with E-state index in [4.69, 9.17) is 5.11 Å². The van der Waals surface area contributed by atoms with E-state index in [2.05, 4.69) is 40.4 Å². The predicted octanol–water partition coefficient (Wildman–Crippen LogP) is 2.06. The zero-order valence-corrected chi connectivity index (χ0v) is 18.9. The Morgan fingerprint density at radius 2 is 2.00 bits per heavy atom. The number of carbonyl (C=O) groups is 1. The van der Waals surface area contributed by atoms with Crippen molar-refractivity contribution in [3.63, 3.8) is 0 Å². The Morgan fingerprint density at radius 1 is 1.19 bits per heavy atom. The van der Waals surface area contributed by atoms with Gasteiger partial charge in [0.15, 0.2) is 5.13 Å². The molecule has 32 heavy (non-hydrogen) atoms. The highest BCUT2D eigenvalue weighted by atomic mass is 32.1. The molecule has 1 saturated heterocycles. The minimum Gasteiger partial charge on any atom is -0.395 e.